The summed E-state index contributed by atoms with van der Waals surface area (Å²) in [5, 5.41) is 3.85. The predicted molar refractivity (Wildman–Crippen MR) is 159 cm³/mol. The molecule has 0 radical (unpaired) electrons. The van der Waals surface area contributed by atoms with Gasteiger partial charge in [-0.15, -0.1) is 0 Å². The molecule has 3 atom stereocenters. The first-order chi connectivity index (χ1) is 18.6. The molecule has 1 fully saturated rings. The minimum Gasteiger partial charge on any atom is -0.403 e. The summed E-state index contributed by atoms with van der Waals surface area (Å²) in [4.78, 5) is 4.25. The minimum atomic E-state index is -2.71. The van der Waals surface area contributed by atoms with E-state index in [9.17, 15) is 0 Å². The molecule has 0 unspecified atom stereocenters. The number of fused-ring (bicyclic) bond motifs is 2. The molecule has 0 saturated carbocycles. The van der Waals surface area contributed by atoms with Crippen molar-refractivity contribution in [3.63, 3.8) is 0 Å². The Kier molecular flexibility index (Phi) is 6.60. The van der Waals surface area contributed by atoms with E-state index in [0.717, 1.165) is 16.5 Å². The number of halogens is 1. The maximum atomic E-state index is 7.29. The number of rotatable bonds is 6. The first kappa shape index (κ1) is 26.5. The molecular weight excluding hydrogens is 524 g/mol. The minimum absolute atomic E-state index is 0.0505. The number of hydrogen-bond acceptors (Lipinski definition) is 4. The van der Waals surface area contributed by atoms with E-state index in [1.807, 2.05) is 26.0 Å². The van der Waals surface area contributed by atoms with Crippen molar-refractivity contribution in [2.24, 2.45) is 0 Å². The van der Waals surface area contributed by atoms with Gasteiger partial charge in [0.15, 0.2) is 5.79 Å². The Balaban J connectivity index is 1.42. The van der Waals surface area contributed by atoms with Crippen LogP contribution in [-0.4, -0.2) is 42.5 Å². The quantitative estimate of drug-likeness (QED) is 0.159. The number of benzene rings is 2. The number of hydrogen-bond donors (Lipinski definition) is 0. The van der Waals surface area contributed by atoms with Crippen LogP contribution in [0, 0.1) is 0 Å². The SMILES string of the molecule is CC1(C)O[C@@H]2[C@H](O1)C(CO[Si](c1ccccc1)(c1ccccc1)C(C)(C)C)=C[C@@H]2n1ccc2c(Cl)nccc21. The topological polar surface area (TPSA) is 45.5 Å². The lowest BCUT2D eigenvalue weighted by molar-refractivity contribution is -0.148. The molecule has 1 aliphatic carbocycles. The van der Waals surface area contributed by atoms with Crippen LogP contribution >= 0.6 is 11.6 Å². The Bertz CT molecular complexity index is 1470. The molecule has 6 rings (SSSR count). The largest absolute Gasteiger partial charge is 0.403 e. The van der Waals surface area contributed by atoms with Gasteiger partial charge in [0.05, 0.1) is 18.2 Å². The van der Waals surface area contributed by atoms with Crippen LogP contribution in [-0.2, 0) is 13.9 Å². The van der Waals surface area contributed by atoms with Crippen LogP contribution in [0.3, 0.4) is 0 Å². The Morgan fingerprint density at radius 2 is 1.59 bits per heavy atom. The maximum Gasteiger partial charge on any atom is 0.261 e. The molecule has 0 bridgehead atoms. The van der Waals surface area contributed by atoms with Gasteiger partial charge in [-0.1, -0.05) is 99.1 Å². The van der Waals surface area contributed by atoms with Gasteiger partial charge >= 0.3 is 0 Å². The van der Waals surface area contributed by atoms with Gasteiger partial charge in [-0.2, -0.15) is 0 Å². The molecular formula is C32H35ClN2O3Si. The van der Waals surface area contributed by atoms with Crippen molar-refractivity contribution in [3.8, 4) is 0 Å². The molecule has 2 aromatic heterocycles. The summed E-state index contributed by atoms with van der Waals surface area (Å²) >= 11 is 6.41. The maximum absolute atomic E-state index is 7.29. The fourth-order valence-electron chi connectivity index (χ4n) is 6.37. The van der Waals surface area contributed by atoms with Crippen molar-refractivity contribution < 1.29 is 13.9 Å². The van der Waals surface area contributed by atoms with Crippen LogP contribution in [0.1, 0.15) is 40.7 Å². The molecule has 4 aromatic rings. The second-order valence-corrected chi connectivity index (χ2v) is 16.6. The third kappa shape index (κ3) is 4.48. The fourth-order valence-corrected chi connectivity index (χ4v) is 11.1. The van der Waals surface area contributed by atoms with Gasteiger partial charge in [-0.3, -0.25) is 0 Å². The standard InChI is InChI=1S/C32H35ClN2O3Si/c1-31(2,3)39(23-12-8-6-9-13-23,24-14-10-7-11-15-24)36-21-22-20-27(29-28(22)37-32(4,5)38-29)35-19-17-25-26(35)16-18-34-30(25)33/h6-20,27-29H,21H2,1-5H3/t27-,28+,29-/m0/s1. The first-order valence-electron chi connectivity index (χ1n) is 13.5. The van der Waals surface area contributed by atoms with Gasteiger partial charge < -0.3 is 18.5 Å². The molecule has 39 heavy (non-hydrogen) atoms. The van der Waals surface area contributed by atoms with E-state index in [-0.39, 0.29) is 23.3 Å². The third-order valence-electron chi connectivity index (χ3n) is 8.01. The predicted octanol–water partition coefficient (Wildman–Crippen LogP) is 6.27. The summed E-state index contributed by atoms with van der Waals surface area (Å²) in [6.45, 7) is 11.3. The van der Waals surface area contributed by atoms with Crippen LogP contribution in [0.5, 0.6) is 0 Å². The van der Waals surface area contributed by atoms with Crippen molar-refractivity contribution in [2.45, 2.75) is 63.7 Å². The molecule has 202 valence electrons. The second-order valence-electron chi connectivity index (χ2n) is 12.0. The first-order valence-corrected chi connectivity index (χ1v) is 15.8. The fraction of sp³-hybridized carbons (Fsp3) is 0.344. The van der Waals surface area contributed by atoms with E-state index in [4.69, 9.17) is 25.5 Å². The zero-order valence-corrected chi connectivity index (χ0v) is 24.9. The van der Waals surface area contributed by atoms with Gasteiger partial charge in [0, 0.05) is 17.8 Å². The molecule has 2 aromatic carbocycles. The summed E-state index contributed by atoms with van der Waals surface area (Å²) in [6, 6.07) is 25.5. The molecule has 1 aliphatic heterocycles. The summed E-state index contributed by atoms with van der Waals surface area (Å²) in [6.07, 6.45) is 5.73. The lowest BCUT2D eigenvalue weighted by Gasteiger charge is -2.43. The number of pyridine rings is 1. The zero-order valence-electron chi connectivity index (χ0n) is 23.1. The van der Waals surface area contributed by atoms with Crippen molar-refractivity contribution in [1.29, 1.82) is 0 Å². The van der Waals surface area contributed by atoms with Gasteiger partial charge in [-0.05, 0) is 47.0 Å². The van der Waals surface area contributed by atoms with E-state index in [2.05, 4.69) is 103 Å². The normalized spacial score (nSPS) is 22.7. The van der Waals surface area contributed by atoms with E-state index in [1.165, 1.54) is 10.4 Å². The molecule has 5 nitrogen and oxygen atoms in total. The molecule has 3 heterocycles. The Morgan fingerprint density at radius 1 is 0.949 bits per heavy atom. The van der Waals surface area contributed by atoms with Crippen molar-refractivity contribution in [1.82, 2.24) is 9.55 Å². The lowest BCUT2D eigenvalue weighted by Crippen LogP contribution is -2.66. The van der Waals surface area contributed by atoms with Crippen molar-refractivity contribution in [3.05, 3.63) is 102 Å². The van der Waals surface area contributed by atoms with Gasteiger partial charge in [0.2, 0.25) is 0 Å². The molecule has 2 aliphatic rings. The summed E-state index contributed by atoms with van der Waals surface area (Å²) < 4.78 is 22.5. The van der Waals surface area contributed by atoms with E-state index in [1.54, 1.807) is 6.20 Å². The van der Waals surface area contributed by atoms with E-state index >= 15 is 0 Å². The van der Waals surface area contributed by atoms with Crippen LogP contribution < -0.4 is 10.4 Å². The number of ether oxygens (including phenoxy) is 2. The van der Waals surface area contributed by atoms with Crippen LogP contribution in [0.4, 0.5) is 0 Å². The third-order valence-corrected chi connectivity index (χ3v) is 13.3. The summed E-state index contributed by atoms with van der Waals surface area (Å²) in [7, 11) is -2.71. The molecule has 0 N–H and O–H groups in total. The molecule has 7 heteroatoms. The highest BCUT2D eigenvalue weighted by Gasteiger charge is 2.53. The zero-order chi connectivity index (χ0) is 27.4. The van der Waals surface area contributed by atoms with E-state index in [0.29, 0.717) is 11.8 Å². The Labute approximate surface area is 236 Å². The van der Waals surface area contributed by atoms with Crippen molar-refractivity contribution >= 4 is 41.2 Å². The Morgan fingerprint density at radius 3 is 2.21 bits per heavy atom. The van der Waals surface area contributed by atoms with E-state index < -0.39 is 14.1 Å². The lowest BCUT2D eigenvalue weighted by atomic mass is 10.1. The summed E-state index contributed by atoms with van der Waals surface area (Å²) in [5.41, 5.74) is 2.14. The summed E-state index contributed by atoms with van der Waals surface area (Å²) in [5.74, 6) is -0.688. The van der Waals surface area contributed by atoms with Crippen molar-refractivity contribution in [2.75, 3.05) is 6.61 Å². The van der Waals surface area contributed by atoms with Crippen LogP contribution in [0.2, 0.25) is 10.2 Å². The van der Waals surface area contributed by atoms with Crippen LogP contribution in [0.15, 0.2) is 96.8 Å². The average Bonchev–Trinajstić information content (AvgIpc) is 3.56. The molecule has 1 saturated heterocycles. The Hall–Kier alpha value is -2.74. The number of aromatic nitrogens is 2. The molecule has 0 amide bonds. The van der Waals surface area contributed by atoms with Crippen LogP contribution in [0.25, 0.3) is 10.9 Å². The highest BCUT2D eigenvalue weighted by atomic mass is 35.5. The highest BCUT2D eigenvalue weighted by Crippen LogP contribution is 2.45. The van der Waals surface area contributed by atoms with Gasteiger partial charge in [0.25, 0.3) is 8.32 Å². The average molecular weight is 559 g/mol. The van der Waals surface area contributed by atoms with Gasteiger partial charge in [0.1, 0.15) is 17.4 Å². The smallest absolute Gasteiger partial charge is 0.261 e. The number of nitrogens with zero attached hydrogens (tertiary/aromatic N) is 2. The monoisotopic (exact) mass is 558 g/mol. The second kappa shape index (κ2) is 9.72. The van der Waals surface area contributed by atoms with Gasteiger partial charge in [-0.25, -0.2) is 4.98 Å². The highest BCUT2D eigenvalue weighted by molar-refractivity contribution is 6.99. The molecule has 0 spiro atoms.